The Kier molecular flexibility index (Phi) is 5.64. The van der Waals surface area contributed by atoms with Gasteiger partial charge in [-0.2, -0.15) is 0 Å². The zero-order chi connectivity index (χ0) is 22.9. The third kappa shape index (κ3) is 3.89. The summed E-state index contributed by atoms with van der Waals surface area (Å²) in [4.78, 5) is 44.2. The fraction of sp³-hybridized carbons (Fsp3) is 0.192. The highest BCUT2D eigenvalue weighted by Gasteiger charge is 2.32. The molecule has 33 heavy (non-hydrogen) atoms. The highest BCUT2D eigenvalue weighted by Crippen LogP contribution is 2.42. The predicted octanol–water partition coefficient (Wildman–Crippen LogP) is 4.56. The maximum atomic E-state index is 13.6. The van der Waals surface area contributed by atoms with Gasteiger partial charge in [0.15, 0.2) is 0 Å². The van der Waals surface area contributed by atoms with E-state index >= 15 is 0 Å². The van der Waals surface area contributed by atoms with Gasteiger partial charge < -0.3 is 9.64 Å². The quantitative estimate of drug-likeness (QED) is 0.538. The van der Waals surface area contributed by atoms with Gasteiger partial charge in [-0.3, -0.25) is 14.5 Å². The molecular weight excluding hydrogens is 436 g/mol. The molecule has 0 N–H and O–H groups in total. The minimum absolute atomic E-state index is 0.125. The van der Waals surface area contributed by atoms with Gasteiger partial charge in [0.05, 0.1) is 23.9 Å². The Balaban J connectivity index is 1.56. The molecule has 0 atom stereocenters. The molecule has 0 saturated heterocycles. The number of rotatable bonds is 3. The van der Waals surface area contributed by atoms with Crippen molar-refractivity contribution >= 4 is 40.9 Å². The third-order valence-electron chi connectivity index (χ3n) is 5.96. The zero-order valence-electron chi connectivity index (χ0n) is 18.1. The molecule has 3 aromatic carbocycles. The number of nitrogens with zero attached hydrogens (tertiary/aromatic N) is 2. The SMILES string of the molecule is COC(=O)c1ccc2c(c1)N(CC(=O)N1CCCc3ccccc31)C(=O)c1ccccc1S2. The van der Waals surface area contributed by atoms with Crippen molar-refractivity contribution < 1.29 is 19.1 Å². The molecule has 3 aromatic rings. The largest absolute Gasteiger partial charge is 0.465 e. The van der Waals surface area contributed by atoms with Gasteiger partial charge in [-0.1, -0.05) is 42.1 Å². The van der Waals surface area contributed by atoms with E-state index in [-0.39, 0.29) is 18.4 Å². The molecule has 166 valence electrons. The fourth-order valence-corrected chi connectivity index (χ4v) is 5.39. The molecule has 0 fully saturated rings. The summed E-state index contributed by atoms with van der Waals surface area (Å²) in [5, 5.41) is 0. The lowest BCUT2D eigenvalue weighted by molar-refractivity contribution is -0.117. The number of hydrogen-bond donors (Lipinski definition) is 0. The minimum atomic E-state index is -0.492. The number of carbonyl (C=O) groups excluding carboxylic acids is 3. The standard InChI is InChI=1S/C26H22N2O4S/c1-32-26(31)18-12-13-23-21(15-18)28(25(30)19-9-3-5-11-22(19)33-23)16-24(29)27-14-6-8-17-7-2-4-10-20(17)27/h2-5,7,9-13,15H,6,8,14,16H2,1H3. The third-order valence-corrected chi connectivity index (χ3v) is 7.10. The van der Waals surface area contributed by atoms with Crippen LogP contribution in [-0.4, -0.2) is 38.0 Å². The minimum Gasteiger partial charge on any atom is -0.465 e. The fourth-order valence-electron chi connectivity index (χ4n) is 4.34. The molecule has 2 amide bonds. The summed E-state index contributed by atoms with van der Waals surface area (Å²) in [5.74, 6) is -0.917. The molecule has 7 heteroatoms. The van der Waals surface area contributed by atoms with Crippen molar-refractivity contribution in [2.75, 3.05) is 30.0 Å². The Hall–Kier alpha value is -3.58. The molecule has 5 rings (SSSR count). The van der Waals surface area contributed by atoms with Crippen molar-refractivity contribution in [2.24, 2.45) is 0 Å². The first-order valence-electron chi connectivity index (χ1n) is 10.8. The van der Waals surface area contributed by atoms with Gasteiger partial charge in [-0.15, -0.1) is 0 Å². The number of para-hydroxylation sites is 1. The molecule has 0 aliphatic carbocycles. The zero-order valence-corrected chi connectivity index (χ0v) is 18.9. The predicted molar refractivity (Wildman–Crippen MR) is 127 cm³/mol. The number of aryl methyl sites for hydroxylation is 1. The van der Waals surface area contributed by atoms with Crippen LogP contribution >= 0.6 is 11.8 Å². The second-order valence-corrected chi connectivity index (χ2v) is 9.03. The van der Waals surface area contributed by atoms with E-state index in [9.17, 15) is 14.4 Å². The molecule has 0 radical (unpaired) electrons. The van der Waals surface area contributed by atoms with Gasteiger partial charge in [0.2, 0.25) is 5.91 Å². The molecule has 0 unspecified atom stereocenters. The highest BCUT2D eigenvalue weighted by atomic mass is 32.2. The number of carbonyl (C=O) groups is 3. The number of amides is 2. The average molecular weight is 459 g/mol. The number of hydrogen-bond acceptors (Lipinski definition) is 5. The van der Waals surface area contributed by atoms with Crippen molar-refractivity contribution in [3.63, 3.8) is 0 Å². The Morgan fingerprint density at radius 1 is 0.970 bits per heavy atom. The maximum absolute atomic E-state index is 13.6. The Labute approximate surface area is 196 Å². The summed E-state index contributed by atoms with van der Waals surface area (Å²) >= 11 is 1.45. The van der Waals surface area contributed by atoms with E-state index in [1.165, 1.54) is 23.8 Å². The topological polar surface area (TPSA) is 66.9 Å². The van der Waals surface area contributed by atoms with Crippen LogP contribution in [0.4, 0.5) is 11.4 Å². The summed E-state index contributed by atoms with van der Waals surface area (Å²) in [6.45, 7) is 0.484. The van der Waals surface area contributed by atoms with Crippen LogP contribution in [0.2, 0.25) is 0 Å². The lowest BCUT2D eigenvalue weighted by Gasteiger charge is -2.32. The normalized spacial score (nSPS) is 14.6. The summed E-state index contributed by atoms with van der Waals surface area (Å²) in [5.41, 5.74) is 3.42. The van der Waals surface area contributed by atoms with Gasteiger partial charge in [-0.05, 0) is 54.8 Å². The van der Waals surface area contributed by atoms with Crippen LogP contribution in [0.15, 0.2) is 76.5 Å². The van der Waals surface area contributed by atoms with Gasteiger partial charge in [0.25, 0.3) is 5.91 Å². The smallest absolute Gasteiger partial charge is 0.337 e. The van der Waals surface area contributed by atoms with Gasteiger partial charge in [0, 0.05) is 22.0 Å². The summed E-state index contributed by atoms with van der Waals surface area (Å²) in [6, 6.07) is 20.4. The number of benzene rings is 3. The summed E-state index contributed by atoms with van der Waals surface area (Å²) < 4.78 is 4.87. The average Bonchev–Trinajstić information content (AvgIpc) is 2.97. The Bertz CT molecular complexity index is 1270. The number of anilines is 2. The lowest BCUT2D eigenvalue weighted by atomic mass is 10.0. The summed E-state index contributed by atoms with van der Waals surface area (Å²) in [6.07, 6.45) is 1.80. The number of ether oxygens (including phenoxy) is 1. The van der Waals surface area contributed by atoms with Gasteiger partial charge >= 0.3 is 5.97 Å². The van der Waals surface area contributed by atoms with E-state index in [1.54, 1.807) is 29.2 Å². The van der Waals surface area contributed by atoms with Crippen LogP contribution in [0.25, 0.3) is 0 Å². The molecule has 0 saturated carbocycles. The van der Waals surface area contributed by atoms with Crippen molar-refractivity contribution in [1.82, 2.24) is 0 Å². The molecule has 2 aliphatic rings. The van der Waals surface area contributed by atoms with E-state index in [2.05, 4.69) is 0 Å². The van der Waals surface area contributed by atoms with Crippen molar-refractivity contribution in [2.45, 2.75) is 22.6 Å². The lowest BCUT2D eigenvalue weighted by Crippen LogP contribution is -2.45. The summed E-state index contributed by atoms with van der Waals surface area (Å²) in [7, 11) is 1.32. The van der Waals surface area contributed by atoms with Crippen LogP contribution < -0.4 is 9.80 Å². The second kappa shape index (κ2) is 8.75. The molecule has 0 spiro atoms. The van der Waals surface area contributed by atoms with Crippen LogP contribution in [0.1, 0.15) is 32.7 Å². The number of esters is 1. The van der Waals surface area contributed by atoms with Gasteiger partial charge in [-0.25, -0.2) is 4.79 Å². The molecule has 0 bridgehead atoms. The van der Waals surface area contributed by atoms with E-state index < -0.39 is 5.97 Å². The second-order valence-electron chi connectivity index (χ2n) is 7.94. The first-order valence-corrected chi connectivity index (χ1v) is 11.6. The molecule has 0 aromatic heterocycles. The number of fused-ring (bicyclic) bond motifs is 3. The molecule has 6 nitrogen and oxygen atoms in total. The van der Waals surface area contributed by atoms with E-state index in [0.29, 0.717) is 23.4 Å². The van der Waals surface area contributed by atoms with Crippen LogP contribution in [0.5, 0.6) is 0 Å². The van der Waals surface area contributed by atoms with Crippen molar-refractivity contribution in [3.8, 4) is 0 Å². The van der Waals surface area contributed by atoms with Crippen molar-refractivity contribution in [1.29, 1.82) is 0 Å². The van der Waals surface area contributed by atoms with Crippen LogP contribution in [0, 0.1) is 0 Å². The molecular formula is C26H22N2O4S. The number of methoxy groups -OCH3 is 1. The maximum Gasteiger partial charge on any atom is 0.337 e. The Morgan fingerprint density at radius 3 is 2.61 bits per heavy atom. The molecule has 2 heterocycles. The van der Waals surface area contributed by atoms with E-state index in [1.807, 2.05) is 42.5 Å². The van der Waals surface area contributed by atoms with E-state index in [4.69, 9.17) is 4.74 Å². The van der Waals surface area contributed by atoms with Crippen LogP contribution in [-0.2, 0) is 16.0 Å². The Morgan fingerprint density at radius 2 is 1.76 bits per heavy atom. The highest BCUT2D eigenvalue weighted by molar-refractivity contribution is 7.99. The first-order chi connectivity index (χ1) is 16.1. The molecule has 2 aliphatic heterocycles. The van der Waals surface area contributed by atoms with E-state index in [0.717, 1.165) is 33.9 Å². The van der Waals surface area contributed by atoms with Crippen molar-refractivity contribution in [3.05, 3.63) is 83.4 Å². The van der Waals surface area contributed by atoms with Gasteiger partial charge in [0.1, 0.15) is 6.54 Å². The first kappa shape index (κ1) is 21.3. The van der Waals surface area contributed by atoms with Crippen LogP contribution in [0.3, 0.4) is 0 Å². The monoisotopic (exact) mass is 458 g/mol.